The lowest BCUT2D eigenvalue weighted by atomic mass is 9.97. The van der Waals surface area contributed by atoms with Crippen molar-refractivity contribution < 1.29 is 22.7 Å². The van der Waals surface area contributed by atoms with E-state index in [4.69, 9.17) is 4.74 Å². The van der Waals surface area contributed by atoms with Crippen molar-refractivity contribution in [3.63, 3.8) is 0 Å². The zero-order chi connectivity index (χ0) is 30.7. The Balaban J connectivity index is 1.38. The van der Waals surface area contributed by atoms with Gasteiger partial charge < -0.3 is 10.1 Å². The first-order valence-electron chi connectivity index (χ1n) is 14.3. The number of ketones is 1. The van der Waals surface area contributed by atoms with Crippen molar-refractivity contribution in [2.24, 2.45) is 0 Å². The Morgan fingerprint density at radius 1 is 1.07 bits per heavy atom. The quantitative estimate of drug-likeness (QED) is 0.230. The van der Waals surface area contributed by atoms with Crippen LogP contribution in [0.15, 0.2) is 54.9 Å². The van der Waals surface area contributed by atoms with Crippen LogP contribution in [0.1, 0.15) is 57.8 Å². The van der Waals surface area contributed by atoms with E-state index in [0.717, 1.165) is 41.2 Å². The number of morpholine rings is 1. The largest absolute Gasteiger partial charge is 0.416 e. The SMILES string of the molecule is CCc1cc(-n2nc(C)cc2Nc2cc(CC(=O)c3cc(CN4CCO[C@@H](C)C4)cc(C(F)(F)F)c3)ccc2C)ncn1. The Morgan fingerprint density at radius 3 is 2.63 bits per heavy atom. The monoisotopic (exact) mass is 592 g/mol. The topological polar surface area (TPSA) is 85.2 Å². The van der Waals surface area contributed by atoms with Crippen LogP contribution in [0.3, 0.4) is 0 Å². The maximum Gasteiger partial charge on any atom is 0.416 e. The first-order chi connectivity index (χ1) is 20.5. The van der Waals surface area contributed by atoms with Gasteiger partial charge in [-0.05, 0) is 68.1 Å². The summed E-state index contributed by atoms with van der Waals surface area (Å²) in [6.07, 6.45) is -2.34. The highest BCUT2D eigenvalue weighted by molar-refractivity contribution is 5.98. The van der Waals surface area contributed by atoms with Crippen molar-refractivity contribution in [2.45, 2.75) is 59.4 Å². The van der Waals surface area contributed by atoms with Crippen LogP contribution in [0, 0.1) is 13.8 Å². The van der Waals surface area contributed by atoms with Gasteiger partial charge in [-0.25, -0.2) is 9.97 Å². The number of Topliss-reactive ketones (excluding diaryl/α,β-unsaturated/α-hetero) is 1. The molecular weight excluding hydrogens is 557 g/mol. The molecular formula is C32H35F3N6O2. The summed E-state index contributed by atoms with van der Waals surface area (Å²) >= 11 is 0. The number of benzene rings is 2. The molecule has 5 rings (SSSR count). The van der Waals surface area contributed by atoms with E-state index in [9.17, 15) is 18.0 Å². The van der Waals surface area contributed by atoms with E-state index >= 15 is 0 Å². The molecule has 1 atom stereocenters. The van der Waals surface area contributed by atoms with E-state index in [1.165, 1.54) is 6.33 Å². The normalized spacial score (nSPS) is 15.9. The molecule has 0 aliphatic carbocycles. The average Bonchev–Trinajstić information content (AvgIpc) is 3.34. The molecule has 0 radical (unpaired) electrons. The molecule has 1 aliphatic heterocycles. The van der Waals surface area contributed by atoms with E-state index in [-0.39, 0.29) is 23.9 Å². The molecule has 11 heteroatoms. The predicted octanol–water partition coefficient (Wildman–Crippen LogP) is 6.25. The molecule has 226 valence electrons. The fraction of sp³-hybridized carbons (Fsp3) is 0.375. The molecule has 2 aromatic carbocycles. The number of aromatic nitrogens is 4. The second-order valence-corrected chi connectivity index (χ2v) is 11.0. The molecule has 1 aliphatic rings. The third-order valence-electron chi connectivity index (χ3n) is 7.42. The fourth-order valence-corrected chi connectivity index (χ4v) is 5.20. The van der Waals surface area contributed by atoms with Crippen LogP contribution < -0.4 is 5.32 Å². The van der Waals surface area contributed by atoms with Crippen LogP contribution >= 0.6 is 0 Å². The molecule has 1 N–H and O–H groups in total. The highest BCUT2D eigenvalue weighted by atomic mass is 19.4. The molecule has 0 bridgehead atoms. The molecule has 1 fully saturated rings. The van der Waals surface area contributed by atoms with Crippen LogP contribution in [-0.2, 0) is 30.3 Å². The van der Waals surface area contributed by atoms with Gasteiger partial charge in [0.15, 0.2) is 11.6 Å². The minimum atomic E-state index is -4.56. The first kappa shape index (κ1) is 30.4. The summed E-state index contributed by atoms with van der Waals surface area (Å²) in [7, 11) is 0. The van der Waals surface area contributed by atoms with Crippen LogP contribution in [0.4, 0.5) is 24.7 Å². The van der Waals surface area contributed by atoms with Gasteiger partial charge >= 0.3 is 6.18 Å². The smallest absolute Gasteiger partial charge is 0.376 e. The number of ether oxygens (including phenoxy) is 1. The lowest BCUT2D eigenvalue weighted by Gasteiger charge is -2.31. The molecule has 3 heterocycles. The number of nitrogens with zero attached hydrogens (tertiary/aromatic N) is 5. The van der Waals surface area contributed by atoms with Crippen molar-refractivity contribution in [3.05, 3.63) is 94.1 Å². The van der Waals surface area contributed by atoms with Crippen molar-refractivity contribution in [3.8, 4) is 5.82 Å². The summed E-state index contributed by atoms with van der Waals surface area (Å²) in [4.78, 5) is 24.1. The molecule has 0 amide bonds. The Hall–Kier alpha value is -4.09. The number of alkyl halides is 3. The standard InChI is InChI=1S/C32H35F3N6O2/c1-5-27-16-30(37-19-36-27)41-31(10-21(3)39-41)38-28-13-23(7-6-20(28)2)14-29(42)25-11-24(12-26(15-25)32(33,34)35)18-40-8-9-43-22(4)17-40/h6-7,10-13,15-16,19,22,38H,5,8-9,14,17-18H2,1-4H3/t22-/m0/s1. The Labute approximate surface area is 248 Å². The first-order valence-corrected chi connectivity index (χ1v) is 14.3. The third kappa shape index (κ3) is 7.47. The van der Waals surface area contributed by atoms with Crippen LogP contribution in [0.5, 0.6) is 0 Å². The Bertz CT molecular complexity index is 1620. The summed E-state index contributed by atoms with van der Waals surface area (Å²) in [5, 5.41) is 7.98. The molecule has 8 nitrogen and oxygen atoms in total. The molecule has 4 aromatic rings. The Morgan fingerprint density at radius 2 is 1.88 bits per heavy atom. The minimum absolute atomic E-state index is 0.00215. The maximum atomic E-state index is 13.8. The summed E-state index contributed by atoms with van der Waals surface area (Å²) in [6, 6.07) is 13.0. The number of anilines is 2. The summed E-state index contributed by atoms with van der Waals surface area (Å²) in [5.74, 6) is 0.926. The number of carbonyl (C=O) groups excluding carboxylic acids is 1. The van der Waals surface area contributed by atoms with Gasteiger partial charge in [0.05, 0.1) is 24.0 Å². The van der Waals surface area contributed by atoms with Gasteiger partial charge in [-0.3, -0.25) is 9.69 Å². The highest BCUT2D eigenvalue weighted by Gasteiger charge is 2.32. The lowest BCUT2D eigenvalue weighted by molar-refractivity contribution is -0.137. The van der Waals surface area contributed by atoms with Gasteiger partial charge in [-0.1, -0.05) is 19.1 Å². The number of carbonyl (C=O) groups is 1. The average molecular weight is 593 g/mol. The van der Waals surface area contributed by atoms with E-state index in [0.29, 0.717) is 49.0 Å². The number of aryl methyl sites for hydroxylation is 3. The van der Waals surface area contributed by atoms with Crippen LogP contribution in [0.2, 0.25) is 0 Å². The number of nitrogens with one attached hydrogen (secondary N) is 1. The van der Waals surface area contributed by atoms with E-state index < -0.39 is 11.7 Å². The highest BCUT2D eigenvalue weighted by Crippen LogP contribution is 2.32. The number of hydrogen-bond donors (Lipinski definition) is 1. The van der Waals surface area contributed by atoms with E-state index in [2.05, 4.69) is 20.4 Å². The zero-order valence-electron chi connectivity index (χ0n) is 24.7. The van der Waals surface area contributed by atoms with Crippen molar-refractivity contribution in [2.75, 3.05) is 25.0 Å². The Kier molecular flexibility index (Phi) is 8.93. The number of hydrogen-bond acceptors (Lipinski definition) is 7. The van der Waals surface area contributed by atoms with Gasteiger partial charge in [0, 0.05) is 55.1 Å². The second kappa shape index (κ2) is 12.6. The van der Waals surface area contributed by atoms with Crippen LogP contribution in [0.25, 0.3) is 5.82 Å². The lowest BCUT2D eigenvalue weighted by Crippen LogP contribution is -2.40. The molecule has 2 aromatic heterocycles. The molecule has 1 saturated heterocycles. The van der Waals surface area contributed by atoms with Gasteiger partial charge in [-0.2, -0.15) is 23.0 Å². The second-order valence-electron chi connectivity index (χ2n) is 11.0. The zero-order valence-corrected chi connectivity index (χ0v) is 24.7. The minimum Gasteiger partial charge on any atom is -0.376 e. The molecule has 43 heavy (non-hydrogen) atoms. The van der Waals surface area contributed by atoms with Gasteiger partial charge in [-0.15, -0.1) is 0 Å². The van der Waals surface area contributed by atoms with Gasteiger partial charge in [0.2, 0.25) is 0 Å². The predicted molar refractivity (Wildman–Crippen MR) is 158 cm³/mol. The number of halogens is 3. The summed E-state index contributed by atoms with van der Waals surface area (Å²) in [6.45, 7) is 9.85. The summed E-state index contributed by atoms with van der Waals surface area (Å²) < 4.78 is 48.7. The number of rotatable bonds is 9. The molecule has 0 saturated carbocycles. The third-order valence-corrected chi connectivity index (χ3v) is 7.42. The van der Waals surface area contributed by atoms with E-state index in [1.54, 1.807) is 10.7 Å². The van der Waals surface area contributed by atoms with Crippen molar-refractivity contribution >= 4 is 17.3 Å². The van der Waals surface area contributed by atoms with Crippen molar-refractivity contribution in [1.82, 2.24) is 24.6 Å². The fourth-order valence-electron chi connectivity index (χ4n) is 5.20. The van der Waals surface area contributed by atoms with Crippen molar-refractivity contribution in [1.29, 1.82) is 0 Å². The molecule has 0 unspecified atom stereocenters. The van der Waals surface area contributed by atoms with E-state index in [1.807, 2.05) is 62.9 Å². The van der Waals surface area contributed by atoms with Gasteiger partial charge in [0.1, 0.15) is 12.1 Å². The maximum absolute atomic E-state index is 13.8. The van der Waals surface area contributed by atoms with Gasteiger partial charge in [0.25, 0.3) is 0 Å². The summed E-state index contributed by atoms with van der Waals surface area (Å²) in [5.41, 5.74) is 3.72. The van der Waals surface area contributed by atoms with Crippen LogP contribution in [-0.4, -0.2) is 56.2 Å². The molecule has 0 spiro atoms.